The average Bonchev–Trinajstić information content (AvgIpc) is 2.90. The Morgan fingerprint density at radius 1 is 1.41 bits per heavy atom. The molecule has 92 valence electrons. The Kier molecular flexibility index (Phi) is 2.67. The molecular weight excluding hydrogens is 219 g/mol. The van der Waals surface area contributed by atoms with Crippen molar-refractivity contribution in [1.82, 2.24) is 0 Å². The standard InChI is InChI=1S/C13H17FN2O/c14-10-2-1-3-11(15)13(10)16-7-8-6-9-4-5-12(8)17-9/h1-3,8-9,12,16H,4-7,15H2. The van der Waals surface area contributed by atoms with Crippen molar-refractivity contribution in [1.29, 1.82) is 0 Å². The monoisotopic (exact) mass is 236 g/mol. The fraction of sp³-hybridized carbons (Fsp3) is 0.538. The van der Waals surface area contributed by atoms with Gasteiger partial charge >= 0.3 is 0 Å². The van der Waals surface area contributed by atoms with Crippen molar-refractivity contribution < 1.29 is 9.13 Å². The summed E-state index contributed by atoms with van der Waals surface area (Å²) in [4.78, 5) is 0. The van der Waals surface area contributed by atoms with Gasteiger partial charge in [-0.3, -0.25) is 0 Å². The van der Waals surface area contributed by atoms with Gasteiger partial charge in [-0.15, -0.1) is 0 Å². The van der Waals surface area contributed by atoms with E-state index in [4.69, 9.17) is 10.5 Å². The van der Waals surface area contributed by atoms with Gasteiger partial charge in [0.25, 0.3) is 0 Å². The highest BCUT2D eigenvalue weighted by Crippen LogP contribution is 2.39. The SMILES string of the molecule is Nc1cccc(F)c1NCC1CC2CCC1O2. The number of fused-ring (bicyclic) bond motifs is 2. The van der Waals surface area contributed by atoms with Crippen LogP contribution in [0.25, 0.3) is 0 Å². The Labute approximate surface area is 100 Å². The second kappa shape index (κ2) is 4.18. The minimum absolute atomic E-state index is 0.283. The summed E-state index contributed by atoms with van der Waals surface area (Å²) in [6, 6.07) is 4.76. The molecule has 2 heterocycles. The molecule has 0 aliphatic carbocycles. The summed E-state index contributed by atoms with van der Waals surface area (Å²) in [6.45, 7) is 0.742. The molecule has 17 heavy (non-hydrogen) atoms. The third-order valence-corrected chi connectivity index (χ3v) is 3.82. The smallest absolute Gasteiger partial charge is 0.148 e. The van der Waals surface area contributed by atoms with Gasteiger partial charge in [0.2, 0.25) is 0 Å². The second-order valence-corrected chi connectivity index (χ2v) is 4.95. The number of ether oxygens (including phenoxy) is 1. The maximum Gasteiger partial charge on any atom is 0.148 e. The first-order valence-corrected chi connectivity index (χ1v) is 6.17. The van der Waals surface area contributed by atoms with Crippen LogP contribution in [0.1, 0.15) is 19.3 Å². The van der Waals surface area contributed by atoms with Crippen LogP contribution >= 0.6 is 0 Å². The number of anilines is 2. The highest BCUT2D eigenvalue weighted by atomic mass is 19.1. The van der Waals surface area contributed by atoms with E-state index in [2.05, 4.69) is 5.32 Å². The number of halogens is 1. The van der Waals surface area contributed by atoms with Crippen LogP contribution in [0.15, 0.2) is 18.2 Å². The van der Waals surface area contributed by atoms with E-state index in [1.165, 1.54) is 12.5 Å². The fourth-order valence-corrected chi connectivity index (χ4v) is 2.92. The van der Waals surface area contributed by atoms with Crippen LogP contribution in [0, 0.1) is 11.7 Å². The summed E-state index contributed by atoms with van der Waals surface area (Å²) >= 11 is 0. The van der Waals surface area contributed by atoms with Crippen LogP contribution in [0.2, 0.25) is 0 Å². The van der Waals surface area contributed by atoms with Crippen molar-refractivity contribution in [3.8, 4) is 0 Å². The van der Waals surface area contributed by atoms with E-state index in [1.54, 1.807) is 12.1 Å². The minimum atomic E-state index is -0.283. The molecule has 2 fully saturated rings. The summed E-state index contributed by atoms with van der Waals surface area (Å²) in [5.41, 5.74) is 6.64. The molecule has 2 saturated heterocycles. The number of nitrogens with one attached hydrogen (secondary N) is 1. The largest absolute Gasteiger partial charge is 0.397 e. The van der Waals surface area contributed by atoms with Gasteiger partial charge in [-0.2, -0.15) is 0 Å². The Morgan fingerprint density at radius 2 is 2.29 bits per heavy atom. The molecule has 2 bridgehead atoms. The van der Waals surface area contributed by atoms with Crippen LogP contribution in [-0.4, -0.2) is 18.8 Å². The molecule has 0 spiro atoms. The van der Waals surface area contributed by atoms with Gasteiger partial charge in [0, 0.05) is 12.5 Å². The van der Waals surface area contributed by atoms with Gasteiger partial charge in [0.1, 0.15) is 5.82 Å². The zero-order chi connectivity index (χ0) is 11.8. The van der Waals surface area contributed by atoms with Gasteiger partial charge in [-0.25, -0.2) is 4.39 Å². The molecule has 2 aliphatic rings. The number of hydrogen-bond acceptors (Lipinski definition) is 3. The molecule has 2 aliphatic heterocycles. The predicted molar refractivity (Wildman–Crippen MR) is 65.3 cm³/mol. The Balaban J connectivity index is 1.64. The number of nitrogens with two attached hydrogens (primary N) is 1. The maximum absolute atomic E-state index is 13.5. The van der Waals surface area contributed by atoms with Crippen LogP contribution in [0.4, 0.5) is 15.8 Å². The summed E-state index contributed by atoms with van der Waals surface area (Å²) < 4.78 is 19.3. The number of hydrogen-bond donors (Lipinski definition) is 2. The molecule has 3 N–H and O–H groups in total. The predicted octanol–water partition coefficient (Wildman–Crippen LogP) is 2.39. The van der Waals surface area contributed by atoms with E-state index >= 15 is 0 Å². The maximum atomic E-state index is 13.5. The third kappa shape index (κ3) is 1.97. The lowest BCUT2D eigenvalue weighted by molar-refractivity contribution is 0.0941. The molecule has 0 radical (unpaired) electrons. The van der Waals surface area contributed by atoms with E-state index in [1.807, 2.05) is 0 Å². The van der Waals surface area contributed by atoms with Crippen molar-refractivity contribution in [2.75, 3.05) is 17.6 Å². The fourth-order valence-electron chi connectivity index (χ4n) is 2.92. The lowest BCUT2D eigenvalue weighted by atomic mass is 9.89. The molecule has 0 saturated carbocycles. The van der Waals surface area contributed by atoms with Gasteiger partial charge in [-0.1, -0.05) is 6.07 Å². The summed E-state index contributed by atoms with van der Waals surface area (Å²) in [5.74, 6) is 0.210. The van der Waals surface area contributed by atoms with E-state index in [9.17, 15) is 4.39 Å². The van der Waals surface area contributed by atoms with Crippen LogP contribution in [0.5, 0.6) is 0 Å². The molecule has 4 heteroatoms. The summed E-state index contributed by atoms with van der Waals surface area (Å²) in [5, 5.41) is 3.13. The number of nitrogen functional groups attached to an aromatic ring is 1. The molecule has 1 aromatic carbocycles. The zero-order valence-electron chi connectivity index (χ0n) is 9.66. The third-order valence-electron chi connectivity index (χ3n) is 3.82. The molecular formula is C13H17FN2O. The van der Waals surface area contributed by atoms with Crippen molar-refractivity contribution in [2.45, 2.75) is 31.5 Å². The van der Waals surface area contributed by atoms with E-state index in [-0.39, 0.29) is 5.82 Å². The first-order valence-electron chi connectivity index (χ1n) is 6.17. The highest BCUT2D eigenvalue weighted by Gasteiger charge is 2.40. The van der Waals surface area contributed by atoms with Crippen LogP contribution < -0.4 is 11.1 Å². The number of benzene rings is 1. The van der Waals surface area contributed by atoms with Gasteiger partial charge in [0.15, 0.2) is 0 Å². The molecule has 1 aromatic rings. The van der Waals surface area contributed by atoms with E-state index in [0.717, 1.165) is 19.4 Å². The quantitative estimate of drug-likeness (QED) is 0.792. The van der Waals surface area contributed by atoms with Crippen molar-refractivity contribution in [3.63, 3.8) is 0 Å². The molecule has 0 amide bonds. The van der Waals surface area contributed by atoms with Crippen molar-refractivity contribution in [2.24, 2.45) is 5.92 Å². The lowest BCUT2D eigenvalue weighted by Gasteiger charge is -2.20. The summed E-state index contributed by atoms with van der Waals surface area (Å²) in [7, 11) is 0. The first kappa shape index (κ1) is 10.8. The highest BCUT2D eigenvalue weighted by molar-refractivity contribution is 5.66. The lowest BCUT2D eigenvalue weighted by Crippen LogP contribution is -2.24. The molecule has 3 unspecified atom stereocenters. The van der Waals surface area contributed by atoms with Crippen LogP contribution in [0.3, 0.4) is 0 Å². The van der Waals surface area contributed by atoms with Gasteiger partial charge in [0.05, 0.1) is 23.6 Å². The molecule has 3 rings (SSSR count). The molecule has 0 aromatic heterocycles. The van der Waals surface area contributed by atoms with Crippen LogP contribution in [-0.2, 0) is 4.74 Å². The van der Waals surface area contributed by atoms with Gasteiger partial charge in [-0.05, 0) is 31.4 Å². The van der Waals surface area contributed by atoms with E-state index in [0.29, 0.717) is 29.5 Å². The van der Waals surface area contributed by atoms with Gasteiger partial charge < -0.3 is 15.8 Å². The number of para-hydroxylation sites is 1. The zero-order valence-corrected chi connectivity index (χ0v) is 9.66. The minimum Gasteiger partial charge on any atom is -0.397 e. The van der Waals surface area contributed by atoms with E-state index < -0.39 is 0 Å². The average molecular weight is 236 g/mol. The molecule has 3 atom stereocenters. The number of rotatable bonds is 3. The normalized spacial score (nSPS) is 30.8. The Hall–Kier alpha value is -1.29. The van der Waals surface area contributed by atoms with Crippen molar-refractivity contribution >= 4 is 11.4 Å². The summed E-state index contributed by atoms with van der Waals surface area (Å²) in [6.07, 6.45) is 4.21. The Bertz CT molecular complexity index is 404. The Morgan fingerprint density at radius 3 is 2.94 bits per heavy atom. The molecule has 3 nitrogen and oxygen atoms in total. The first-order chi connectivity index (χ1) is 8.24. The van der Waals surface area contributed by atoms with Crippen molar-refractivity contribution in [3.05, 3.63) is 24.0 Å². The second-order valence-electron chi connectivity index (χ2n) is 4.95. The topological polar surface area (TPSA) is 47.3 Å².